The number of aliphatic carboxylic acids is 1. The van der Waals surface area contributed by atoms with E-state index in [-0.39, 0.29) is 5.84 Å². The lowest BCUT2D eigenvalue weighted by atomic mass is 10.5. The Morgan fingerprint density at radius 3 is 3.00 bits per heavy atom. The van der Waals surface area contributed by atoms with Gasteiger partial charge in [-0.1, -0.05) is 5.16 Å². The molecular weight excluding hydrogens is 208 g/mol. The van der Waals surface area contributed by atoms with Gasteiger partial charge >= 0.3 is 5.97 Å². The number of aromatic nitrogens is 1. The molecule has 0 aromatic carbocycles. The van der Waals surface area contributed by atoms with Crippen molar-refractivity contribution in [1.82, 2.24) is 4.98 Å². The third-order valence-electron chi connectivity index (χ3n) is 1.14. The van der Waals surface area contributed by atoms with Crippen LogP contribution >= 0.6 is 11.3 Å². The molecule has 0 saturated heterocycles. The fraction of sp³-hybridized carbons (Fsp3) is 0.167. The highest BCUT2D eigenvalue weighted by Crippen LogP contribution is 2.10. The van der Waals surface area contributed by atoms with Gasteiger partial charge in [-0.3, -0.25) is 0 Å². The number of amidine groups is 1. The topological polar surface area (TPSA) is 124 Å². The van der Waals surface area contributed by atoms with Gasteiger partial charge in [0.15, 0.2) is 11.0 Å². The predicted molar refractivity (Wildman–Crippen MR) is 50.8 cm³/mol. The van der Waals surface area contributed by atoms with Gasteiger partial charge in [0, 0.05) is 5.38 Å². The van der Waals surface area contributed by atoms with Crippen LogP contribution in [0.2, 0.25) is 0 Å². The summed E-state index contributed by atoms with van der Waals surface area (Å²) in [5.41, 5.74) is 11.1. The maximum atomic E-state index is 10.1. The Morgan fingerprint density at radius 1 is 1.79 bits per heavy atom. The second-order valence-corrected chi connectivity index (χ2v) is 3.10. The van der Waals surface area contributed by atoms with Gasteiger partial charge in [0.25, 0.3) is 0 Å². The smallest absolute Gasteiger partial charge is 0.344 e. The molecule has 0 aliphatic rings. The summed E-state index contributed by atoms with van der Waals surface area (Å²) in [6, 6.07) is 0. The number of hydrogen-bond acceptors (Lipinski definition) is 6. The number of thiazole rings is 1. The SMILES string of the molecule is N/C(=N\OCC(=O)O)c1csc(N)n1. The van der Waals surface area contributed by atoms with E-state index in [2.05, 4.69) is 15.0 Å². The van der Waals surface area contributed by atoms with E-state index in [0.29, 0.717) is 10.8 Å². The van der Waals surface area contributed by atoms with Crippen molar-refractivity contribution in [3.05, 3.63) is 11.1 Å². The van der Waals surface area contributed by atoms with Crippen molar-refractivity contribution in [3.8, 4) is 0 Å². The number of carboxylic acid groups (broad SMARTS) is 1. The molecule has 1 aromatic heterocycles. The summed E-state index contributed by atoms with van der Waals surface area (Å²) >= 11 is 1.21. The van der Waals surface area contributed by atoms with E-state index < -0.39 is 12.6 Å². The lowest BCUT2D eigenvalue weighted by molar-refractivity contribution is -0.142. The van der Waals surface area contributed by atoms with Crippen LogP contribution in [0.4, 0.5) is 5.13 Å². The minimum atomic E-state index is -1.13. The van der Waals surface area contributed by atoms with Gasteiger partial charge in [-0.05, 0) is 0 Å². The second-order valence-electron chi connectivity index (χ2n) is 2.21. The number of nitrogens with zero attached hydrogens (tertiary/aromatic N) is 2. The van der Waals surface area contributed by atoms with Crippen LogP contribution in [0.15, 0.2) is 10.5 Å². The predicted octanol–water partition coefficient (Wildman–Crippen LogP) is -0.553. The number of nitrogens with two attached hydrogens (primary N) is 2. The Hall–Kier alpha value is -1.83. The van der Waals surface area contributed by atoms with Crippen LogP contribution in [-0.4, -0.2) is 28.5 Å². The molecule has 1 heterocycles. The average molecular weight is 216 g/mol. The van der Waals surface area contributed by atoms with Crippen LogP contribution in [0, 0.1) is 0 Å². The lowest BCUT2D eigenvalue weighted by Gasteiger charge is -1.95. The van der Waals surface area contributed by atoms with Gasteiger partial charge in [-0.15, -0.1) is 11.3 Å². The van der Waals surface area contributed by atoms with Gasteiger partial charge < -0.3 is 21.4 Å². The fourth-order valence-corrected chi connectivity index (χ4v) is 1.17. The maximum Gasteiger partial charge on any atom is 0.344 e. The molecule has 14 heavy (non-hydrogen) atoms. The molecule has 76 valence electrons. The van der Waals surface area contributed by atoms with Crippen LogP contribution in [0.25, 0.3) is 0 Å². The van der Waals surface area contributed by atoms with Crippen molar-refractivity contribution < 1.29 is 14.7 Å². The standard InChI is InChI=1S/C6H8N4O3S/c7-5(10-13-1-4(11)12)3-2-14-6(8)9-3/h2H,1H2,(H2,7,10)(H2,8,9)(H,11,12). The van der Waals surface area contributed by atoms with E-state index in [0.717, 1.165) is 0 Å². The highest BCUT2D eigenvalue weighted by atomic mass is 32.1. The van der Waals surface area contributed by atoms with Gasteiger partial charge in [0.05, 0.1) is 0 Å². The first kappa shape index (κ1) is 10.3. The normalized spacial score (nSPS) is 11.3. The average Bonchev–Trinajstić information content (AvgIpc) is 2.51. The molecule has 1 aromatic rings. The Morgan fingerprint density at radius 2 is 2.50 bits per heavy atom. The molecule has 0 amide bonds. The highest BCUT2D eigenvalue weighted by molar-refractivity contribution is 7.13. The molecule has 1 rings (SSSR count). The van der Waals surface area contributed by atoms with E-state index in [1.54, 1.807) is 5.38 Å². The Balaban J connectivity index is 2.56. The van der Waals surface area contributed by atoms with Gasteiger partial charge in [-0.25, -0.2) is 9.78 Å². The lowest BCUT2D eigenvalue weighted by Crippen LogP contribution is -2.15. The second kappa shape index (κ2) is 4.42. The molecule has 0 saturated carbocycles. The van der Waals surface area contributed by atoms with Gasteiger partial charge in [-0.2, -0.15) is 0 Å². The third kappa shape index (κ3) is 2.90. The Kier molecular flexibility index (Phi) is 3.24. The number of carbonyl (C=O) groups is 1. The molecule has 0 radical (unpaired) electrons. The zero-order valence-corrected chi connectivity index (χ0v) is 7.82. The quantitative estimate of drug-likeness (QED) is 0.352. The first-order valence-corrected chi connectivity index (χ1v) is 4.36. The number of oxime groups is 1. The third-order valence-corrected chi connectivity index (χ3v) is 1.81. The molecule has 0 aliphatic carbocycles. The molecular formula is C6H8N4O3S. The summed E-state index contributed by atoms with van der Waals surface area (Å²) in [5.74, 6) is -1.13. The van der Waals surface area contributed by atoms with Crippen LogP contribution in [0.3, 0.4) is 0 Å². The number of nitrogen functional groups attached to an aromatic ring is 1. The van der Waals surface area contributed by atoms with Crippen molar-refractivity contribution in [2.45, 2.75) is 0 Å². The maximum absolute atomic E-state index is 10.1. The van der Waals surface area contributed by atoms with Crippen molar-refractivity contribution in [2.24, 2.45) is 10.9 Å². The molecule has 0 unspecified atom stereocenters. The van der Waals surface area contributed by atoms with Crippen molar-refractivity contribution in [3.63, 3.8) is 0 Å². The van der Waals surface area contributed by atoms with Gasteiger partial charge in [0.2, 0.25) is 6.61 Å². The summed E-state index contributed by atoms with van der Waals surface area (Å²) < 4.78 is 0. The first-order valence-electron chi connectivity index (χ1n) is 3.48. The molecule has 5 N–H and O–H groups in total. The molecule has 0 bridgehead atoms. The van der Waals surface area contributed by atoms with Crippen LogP contribution < -0.4 is 11.5 Å². The molecule has 0 spiro atoms. The summed E-state index contributed by atoms with van der Waals surface area (Å²) in [6.07, 6.45) is 0. The monoisotopic (exact) mass is 216 g/mol. The molecule has 7 nitrogen and oxygen atoms in total. The summed E-state index contributed by atoms with van der Waals surface area (Å²) in [6.45, 7) is -0.541. The van der Waals surface area contributed by atoms with Crippen molar-refractivity contribution in [1.29, 1.82) is 0 Å². The van der Waals surface area contributed by atoms with Gasteiger partial charge in [0.1, 0.15) is 5.69 Å². The number of hydrogen-bond donors (Lipinski definition) is 3. The van der Waals surface area contributed by atoms with E-state index in [1.807, 2.05) is 0 Å². The summed E-state index contributed by atoms with van der Waals surface area (Å²) in [5, 5.41) is 13.5. The first-order chi connectivity index (χ1) is 6.59. The largest absolute Gasteiger partial charge is 0.479 e. The van der Waals surface area contributed by atoms with Crippen molar-refractivity contribution >= 4 is 28.3 Å². The Bertz CT molecular complexity index is 362. The molecule has 0 aliphatic heterocycles. The fourth-order valence-electron chi connectivity index (χ4n) is 0.609. The zero-order valence-electron chi connectivity index (χ0n) is 7.01. The summed E-state index contributed by atoms with van der Waals surface area (Å²) in [4.78, 5) is 18.3. The minimum absolute atomic E-state index is 0.000741. The summed E-state index contributed by atoms with van der Waals surface area (Å²) in [7, 11) is 0. The molecule has 8 heteroatoms. The van der Waals surface area contributed by atoms with E-state index >= 15 is 0 Å². The minimum Gasteiger partial charge on any atom is -0.479 e. The van der Waals surface area contributed by atoms with Crippen molar-refractivity contribution in [2.75, 3.05) is 12.3 Å². The van der Waals surface area contributed by atoms with Crippen LogP contribution in [0.5, 0.6) is 0 Å². The number of anilines is 1. The van der Waals surface area contributed by atoms with E-state index in [9.17, 15) is 4.79 Å². The number of rotatable bonds is 4. The number of carboxylic acids is 1. The van der Waals surface area contributed by atoms with E-state index in [1.165, 1.54) is 11.3 Å². The van der Waals surface area contributed by atoms with Crippen LogP contribution in [-0.2, 0) is 9.63 Å². The van der Waals surface area contributed by atoms with Crippen LogP contribution in [0.1, 0.15) is 5.69 Å². The highest BCUT2D eigenvalue weighted by Gasteiger charge is 2.04. The molecule has 0 fully saturated rings. The van der Waals surface area contributed by atoms with E-state index in [4.69, 9.17) is 16.6 Å². The Labute approximate surface area is 83.0 Å². The molecule has 0 atom stereocenters. The zero-order chi connectivity index (χ0) is 10.6.